The number of anilines is 1. The standard InChI is InChI=1S/C21H20F3N7.CH4O2S/c1-11-29-17-10-27-16-3-2-15(12-8-14(21(22,23)24)20(25)28-9-12)30-18(16)19(17)31(11)13-4-6-26-7-5-13;1-4(2)3/h2-3,8-10,13,26H,4-7H2,1H3,(H2,25,28);1H3,(H,2,3)/p-1. The van der Waals surface area contributed by atoms with E-state index in [1.807, 2.05) is 6.92 Å². The highest BCUT2D eigenvalue weighted by atomic mass is 32.2. The molecule has 0 radical (unpaired) electrons. The molecule has 1 atom stereocenters. The number of piperidine rings is 1. The number of imidazole rings is 1. The molecule has 0 bridgehead atoms. The fourth-order valence-electron chi connectivity index (χ4n) is 4.27. The van der Waals surface area contributed by atoms with Crippen molar-refractivity contribution in [1.82, 2.24) is 29.8 Å². The summed E-state index contributed by atoms with van der Waals surface area (Å²) in [4.78, 5) is 17.6. The van der Waals surface area contributed by atoms with Gasteiger partial charge < -0.3 is 20.2 Å². The third kappa shape index (κ3) is 5.26. The number of nitrogen functional groups attached to an aromatic ring is 1. The van der Waals surface area contributed by atoms with Gasteiger partial charge in [0.1, 0.15) is 22.7 Å². The lowest BCUT2D eigenvalue weighted by Crippen LogP contribution is -2.29. The zero-order valence-corrected chi connectivity index (χ0v) is 19.8. The Morgan fingerprint density at radius 3 is 2.49 bits per heavy atom. The largest absolute Gasteiger partial charge is 0.773 e. The molecule has 1 aliphatic rings. The lowest BCUT2D eigenvalue weighted by atomic mass is 10.1. The lowest BCUT2D eigenvalue weighted by Gasteiger charge is -2.26. The fourth-order valence-corrected chi connectivity index (χ4v) is 4.27. The van der Waals surface area contributed by atoms with Gasteiger partial charge in [-0.25, -0.2) is 15.0 Å². The van der Waals surface area contributed by atoms with Crippen LogP contribution >= 0.6 is 0 Å². The molecule has 4 aromatic heterocycles. The number of alkyl halides is 3. The average Bonchev–Trinajstić information content (AvgIpc) is 3.15. The molecule has 9 nitrogen and oxygen atoms in total. The van der Waals surface area contributed by atoms with Crippen LogP contribution in [0.2, 0.25) is 0 Å². The predicted octanol–water partition coefficient (Wildman–Crippen LogP) is 3.37. The summed E-state index contributed by atoms with van der Waals surface area (Å²) in [7, 11) is 0. The van der Waals surface area contributed by atoms with Crippen LogP contribution in [-0.2, 0) is 17.3 Å². The van der Waals surface area contributed by atoms with Crippen LogP contribution in [-0.4, -0.2) is 52.6 Å². The molecular formula is C22H23F3N7O2S-. The van der Waals surface area contributed by atoms with E-state index in [-0.39, 0.29) is 11.6 Å². The van der Waals surface area contributed by atoms with Crippen LogP contribution in [0, 0.1) is 6.92 Å². The van der Waals surface area contributed by atoms with E-state index in [0.29, 0.717) is 16.7 Å². The first kappa shape index (κ1) is 24.9. The Morgan fingerprint density at radius 1 is 1.14 bits per heavy atom. The first-order valence-electron chi connectivity index (χ1n) is 10.7. The number of aryl methyl sites for hydroxylation is 1. The highest BCUT2D eigenvalue weighted by Gasteiger charge is 2.34. The summed E-state index contributed by atoms with van der Waals surface area (Å²) in [6.07, 6.45) is 1.45. The number of hydrogen-bond acceptors (Lipinski definition) is 8. The predicted molar refractivity (Wildman–Crippen MR) is 126 cm³/mol. The number of hydrogen-bond donors (Lipinski definition) is 2. The van der Waals surface area contributed by atoms with Crippen LogP contribution < -0.4 is 11.1 Å². The molecule has 0 aromatic carbocycles. The summed E-state index contributed by atoms with van der Waals surface area (Å²) >= 11 is -1.86. The van der Waals surface area contributed by atoms with E-state index in [4.69, 9.17) is 19.5 Å². The van der Waals surface area contributed by atoms with Crippen LogP contribution in [0.3, 0.4) is 0 Å². The summed E-state index contributed by atoms with van der Waals surface area (Å²) in [6.45, 7) is 3.79. The second-order valence-electron chi connectivity index (χ2n) is 8.12. The van der Waals surface area contributed by atoms with Gasteiger partial charge in [0.25, 0.3) is 0 Å². The van der Waals surface area contributed by atoms with Crippen molar-refractivity contribution >= 4 is 39.0 Å². The second-order valence-corrected chi connectivity index (χ2v) is 8.93. The van der Waals surface area contributed by atoms with Gasteiger partial charge in [0, 0.05) is 17.8 Å². The Labute approximate surface area is 201 Å². The van der Waals surface area contributed by atoms with Crippen molar-refractivity contribution in [1.29, 1.82) is 0 Å². The maximum absolute atomic E-state index is 13.3. The molecule has 5 heterocycles. The molecule has 5 rings (SSSR count). The Bertz CT molecular complexity index is 1400. The van der Waals surface area contributed by atoms with Crippen molar-refractivity contribution in [2.24, 2.45) is 0 Å². The van der Waals surface area contributed by atoms with Gasteiger partial charge in [0.15, 0.2) is 0 Å². The quantitative estimate of drug-likeness (QED) is 0.395. The monoisotopic (exact) mass is 506 g/mol. The van der Waals surface area contributed by atoms with E-state index in [0.717, 1.165) is 55.1 Å². The summed E-state index contributed by atoms with van der Waals surface area (Å²) in [5.74, 6) is 0.317. The highest BCUT2D eigenvalue weighted by molar-refractivity contribution is 7.78. The van der Waals surface area contributed by atoms with E-state index in [2.05, 4.69) is 24.8 Å². The summed E-state index contributed by atoms with van der Waals surface area (Å²) in [5, 5.41) is 3.36. The number of nitrogens with zero attached hydrogens (tertiary/aromatic N) is 5. The summed E-state index contributed by atoms with van der Waals surface area (Å²) < 4.78 is 60.1. The van der Waals surface area contributed by atoms with Crippen LogP contribution in [0.1, 0.15) is 30.3 Å². The summed E-state index contributed by atoms with van der Waals surface area (Å²) in [6, 6.07) is 4.67. The SMILES string of the molecule is CS(=O)[O-].Cc1nc2cnc3ccc(-c4cnc(N)c(C(F)(F)F)c4)nc3c2n1C1CCNCC1. The Kier molecular flexibility index (Phi) is 7.01. The number of rotatable bonds is 2. The third-order valence-electron chi connectivity index (χ3n) is 5.73. The number of nitrogens with two attached hydrogens (primary N) is 1. The van der Waals surface area contributed by atoms with E-state index < -0.39 is 28.6 Å². The van der Waals surface area contributed by atoms with Crippen molar-refractivity contribution in [3.8, 4) is 11.3 Å². The molecule has 0 aliphatic carbocycles. The van der Waals surface area contributed by atoms with Crippen LogP contribution in [0.5, 0.6) is 0 Å². The molecule has 1 fully saturated rings. The van der Waals surface area contributed by atoms with Gasteiger partial charge in [0.05, 0.1) is 28.5 Å². The number of nitrogens with one attached hydrogen (secondary N) is 1. The molecule has 3 N–H and O–H groups in total. The number of fused-ring (bicyclic) bond motifs is 3. The molecule has 0 amide bonds. The lowest BCUT2D eigenvalue weighted by molar-refractivity contribution is -0.137. The van der Waals surface area contributed by atoms with E-state index in [1.165, 1.54) is 6.20 Å². The number of halogens is 3. The average molecular weight is 507 g/mol. The molecule has 1 aliphatic heterocycles. The molecular weight excluding hydrogens is 483 g/mol. The van der Waals surface area contributed by atoms with Gasteiger partial charge in [-0.2, -0.15) is 13.2 Å². The Balaban J connectivity index is 0.000000672. The normalized spacial score (nSPS) is 15.7. The maximum atomic E-state index is 13.3. The van der Waals surface area contributed by atoms with Gasteiger partial charge in [0.2, 0.25) is 0 Å². The zero-order valence-electron chi connectivity index (χ0n) is 19.0. The molecule has 1 saturated heterocycles. The minimum absolute atomic E-state index is 0.241. The van der Waals surface area contributed by atoms with Crippen molar-refractivity contribution in [3.05, 3.63) is 42.0 Å². The molecule has 0 spiro atoms. The van der Waals surface area contributed by atoms with E-state index >= 15 is 0 Å². The van der Waals surface area contributed by atoms with E-state index in [9.17, 15) is 13.2 Å². The molecule has 1 unspecified atom stereocenters. The minimum Gasteiger partial charge on any atom is -0.773 e. The second kappa shape index (κ2) is 9.84. The van der Waals surface area contributed by atoms with Crippen LogP contribution in [0.4, 0.5) is 19.0 Å². The Hall–Kier alpha value is -3.16. The van der Waals surface area contributed by atoms with Gasteiger partial charge in [-0.05, 0) is 57.3 Å². The molecule has 186 valence electrons. The van der Waals surface area contributed by atoms with Crippen LogP contribution in [0.15, 0.2) is 30.6 Å². The van der Waals surface area contributed by atoms with Crippen molar-refractivity contribution < 1.29 is 21.9 Å². The molecule has 4 aromatic rings. The first-order chi connectivity index (χ1) is 16.6. The number of pyridine rings is 3. The van der Waals surface area contributed by atoms with E-state index in [1.54, 1.807) is 18.3 Å². The van der Waals surface area contributed by atoms with Gasteiger partial charge in [-0.15, -0.1) is 0 Å². The summed E-state index contributed by atoms with van der Waals surface area (Å²) in [5.41, 5.74) is 7.93. The van der Waals surface area contributed by atoms with Crippen molar-refractivity contribution in [3.63, 3.8) is 0 Å². The highest BCUT2D eigenvalue weighted by Crippen LogP contribution is 2.36. The van der Waals surface area contributed by atoms with Gasteiger partial charge in [-0.3, -0.25) is 9.19 Å². The first-order valence-corrected chi connectivity index (χ1v) is 12.2. The van der Waals surface area contributed by atoms with Crippen molar-refractivity contribution in [2.45, 2.75) is 32.0 Å². The maximum Gasteiger partial charge on any atom is 0.419 e. The molecule has 13 heteroatoms. The molecule has 0 saturated carbocycles. The van der Waals surface area contributed by atoms with Crippen LogP contribution in [0.25, 0.3) is 33.3 Å². The third-order valence-corrected chi connectivity index (χ3v) is 5.73. The van der Waals surface area contributed by atoms with Gasteiger partial charge in [-0.1, -0.05) is 11.1 Å². The fraction of sp³-hybridized carbons (Fsp3) is 0.364. The van der Waals surface area contributed by atoms with Crippen molar-refractivity contribution in [2.75, 3.05) is 25.1 Å². The van der Waals surface area contributed by atoms with Gasteiger partial charge >= 0.3 is 6.18 Å². The minimum atomic E-state index is -4.59. The number of aromatic nitrogens is 5. The topological polar surface area (TPSA) is 135 Å². The zero-order chi connectivity index (χ0) is 25.3. The smallest absolute Gasteiger partial charge is 0.419 e. The molecule has 35 heavy (non-hydrogen) atoms. The Morgan fingerprint density at radius 2 is 1.83 bits per heavy atom.